The minimum Gasteiger partial charge on any atom is -0.497 e. The lowest BCUT2D eigenvalue weighted by Gasteiger charge is -2.08. The van der Waals surface area contributed by atoms with E-state index in [1.807, 2.05) is 31.2 Å². The predicted octanol–water partition coefficient (Wildman–Crippen LogP) is 2.36. The van der Waals surface area contributed by atoms with Gasteiger partial charge in [0, 0.05) is 0 Å². The second kappa shape index (κ2) is 6.80. The van der Waals surface area contributed by atoms with Gasteiger partial charge in [-0.3, -0.25) is 4.79 Å². The molecule has 1 aromatic carbocycles. The van der Waals surface area contributed by atoms with Crippen LogP contribution < -0.4 is 4.74 Å². The lowest BCUT2D eigenvalue weighted by Crippen LogP contribution is -2.04. The number of methoxy groups -OCH3 is 1. The van der Waals surface area contributed by atoms with Gasteiger partial charge >= 0.3 is 0 Å². The van der Waals surface area contributed by atoms with Gasteiger partial charge in [-0.25, -0.2) is 0 Å². The van der Waals surface area contributed by atoms with Crippen LogP contribution in [0.1, 0.15) is 12.5 Å². The third-order valence-corrected chi connectivity index (χ3v) is 2.13. The van der Waals surface area contributed by atoms with Gasteiger partial charge < -0.3 is 9.47 Å². The van der Waals surface area contributed by atoms with Crippen molar-refractivity contribution >= 4 is 6.29 Å². The molecule has 3 heteroatoms. The fourth-order valence-corrected chi connectivity index (χ4v) is 1.21. The van der Waals surface area contributed by atoms with Crippen LogP contribution in [-0.4, -0.2) is 19.5 Å². The van der Waals surface area contributed by atoms with Gasteiger partial charge in [-0.15, -0.1) is 0 Å². The monoisotopic (exact) mass is 220 g/mol. The van der Waals surface area contributed by atoms with E-state index < -0.39 is 0 Å². The number of allylic oxidation sites excluding steroid dienone is 1. The van der Waals surface area contributed by atoms with Crippen LogP contribution in [-0.2, 0) is 16.1 Å². The Balaban J connectivity index is 2.41. The Morgan fingerprint density at radius 3 is 2.56 bits per heavy atom. The highest BCUT2D eigenvalue weighted by atomic mass is 16.5. The second-order valence-electron chi connectivity index (χ2n) is 3.39. The second-order valence-corrected chi connectivity index (χ2v) is 3.39. The van der Waals surface area contributed by atoms with Gasteiger partial charge in [-0.05, 0) is 30.7 Å². The van der Waals surface area contributed by atoms with Gasteiger partial charge in [0.05, 0.1) is 19.8 Å². The topological polar surface area (TPSA) is 35.5 Å². The van der Waals surface area contributed by atoms with Crippen molar-refractivity contribution in [2.45, 2.75) is 19.6 Å². The van der Waals surface area contributed by atoms with Crippen LogP contribution >= 0.6 is 0 Å². The molecular formula is C13H16O3. The van der Waals surface area contributed by atoms with Crippen LogP contribution in [0.2, 0.25) is 0 Å². The molecule has 86 valence electrons. The van der Waals surface area contributed by atoms with E-state index in [0.29, 0.717) is 6.61 Å². The summed E-state index contributed by atoms with van der Waals surface area (Å²) in [6, 6.07) is 7.69. The summed E-state index contributed by atoms with van der Waals surface area (Å²) in [7, 11) is 1.64. The van der Waals surface area contributed by atoms with E-state index >= 15 is 0 Å². The van der Waals surface area contributed by atoms with Crippen molar-refractivity contribution < 1.29 is 14.3 Å². The Kier molecular flexibility index (Phi) is 5.29. The molecule has 0 amide bonds. The number of rotatable bonds is 6. The average molecular weight is 220 g/mol. The molecule has 1 atom stereocenters. The van der Waals surface area contributed by atoms with Crippen molar-refractivity contribution in [1.82, 2.24) is 0 Å². The molecule has 1 rings (SSSR count). The normalized spacial score (nSPS) is 12.6. The maximum absolute atomic E-state index is 10.1. The molecule has 0 saturated carbocycles. The third-order valence-electron chi connectivity index (χ3n) is 2.13. The highest BCUT2D eigenvalue weighted by Gasteiger charge is 1.98. The molecule has 0 N–H and O–H groups in total. The molecule has 0 aliphatic heterocycles. The molecule has 0 spiro atoms. The van der Waals surface area contributed by atoms with E-state index in [2.05, 4.69) is 0 Å². The first-order valence-electron chi connectivity index (χ1n) is 5.12. The molecule has 0 fully saturated rings. The summed E-state index contributed by atoms with van der Waals surface area (Å²) < 4.78 is 10.6. The maximum Gasteiger partial charge on any atom is 0.142 e. The molecular weight excluding hydrogens is 204 g/mol. The minimum atomic E-state index is -0.0627. The standard InChI is InChI=1S/C13H16O3/c1-11(4-3-9-14)16-10-12-5-7-13(15-2)8-6-12/h3-9,11H,10H2,1-2H3/b4-3+. The summed E-state index contributed by atoms with van der Waals surface area (Å²) in [5.41, 5.74) is 1.08. The van der Waals surface area contributed by atoms with E-state index in [-0.39, 0.29) is 6.10 Å². The first-order valence-corrected chi connectivity index (χ1v) is 5.12. The van der Waals surface area contributed by atoms with Crippen LogP contribution in [0.5, 0.6) is 5.75 Å². The molecule has 0 radical (unpaired) electrons. The molecule has 0 heterocycles. The van der Waals surface area contributed by atoms with Crippen LogP contribution in [0, 0.1) is 0 Å². The highest BCUT2D eigenvalue weighted by Crippen LogP contribution is 2.12. The largest absolute Gasteiger partial charge is 0.497 e. The molecule has 0 aliphatic carbocycles. The Morgan fingerprint density at radius 2 is 2.00 bits per heavy atom. The highest BCUT2D eigenvalue weighted by molar-refractivity contribution is 5.64. The van der Waals surface area contributed by atoms with Crippen LogP contribution in [0.25, 0.3) is 0 Å². The van der Waals surface area contributed by atoms with Crippen molar-refractivity contribution in [1.29, 1.82) is 0 Å². The summed E-state index contributed by atoms with van der Waals surface area (Å²) in [5.74, 6) is 0.831. The summed E-state index contributed by atoms with van der Waals surface area (Å²) in [6.07, 6.45) is 3.84. The quantitative estimate of drug-likeness (QED) is 0.545. The van der Waals surface area contributed by atoms with Crippen molar-refractivity contribution in [2.24, 2.45) is 0 Å². The molecule has 0 aromatic heterocycles. The molecule has 1 aromatic rings. The predicted molar refractivity (Wildman–Crippen MR) is 62.4 cm³/mol. The van der Waals surface area contributed by atoms with Crippen molar-refractivity contribution in [3.8, 4) is 5.75 Å². The molecule has 0 saturated heterocycles. The lowest BCUT2D eigenvalue weighted by atomic mass is 10.2. The van der Waals surface area contributed by atoms with Gasteiger partial charge in [0.2, 0.25) is 0 Å². The third kappa shape index (κ3) is 4.28. The van der Waals surface area contributed by atoms with E-state index in [0.717, 1.165) is 17.6 Å². The first-order chi connectivity index (χ1) is 7.76. The van der Waals surface area contributed by atoms with Gasteiger partial charge in [0.25, 0.3) is 0 Å². The number of aldehydes is 1. The van der Waals surface area contributed by atoms with Gasteiger partial charge in [0.1, 0.15) is 12.0 Å². The zero-order valence-corrected chi connectivity index (χ0v) is 9.55. The Hall–Kier alpha value is -1.61. The van der Waals surface area contributed by atoms with E-state index in [1.54, 1.807) is 13.2 Å². The van der Waals surface area contributed by atoms with Gasteiger partial charge in [-0.2, -0.15) is 0 Å². The molecule has 3 nitrogen and oxygen atoms in total. The van der Waals surface area contributed by atoms with Crippen LogP contribution in [0.15, 0.2) is 36.4 Å². The number of hydrogen-bond acceptors (Lipinski definition) is 3. The van der Waals surface area contributed by atoms with E-state index in [4.69, 9.17) is 9.47 Å². The minimum absolute atomic E-state index is 0.0627. The summed E-state index contributed by atoms with van der Waals surface area (Å²) >= 11 is 0. The van der Waals surface area contributed by atoms with Gasteiger partial charge in [-0.1, -0.05) is 18.2 Å². The molecule has 1 unspecified atom stereocenters. The number of ether oxygens (including phenoxy) is 2. The number of benzene rings is 1. The number of carbonyl (C=O) groups is 1. The number of carbonyl (C=O) groups excluding carboxylic acids is 1. The Bertz CT molecular complexity index is 341. The van der Waals surface area contributed by atoms with Crippen molar-refractivity contribution in [2.75, 3.05) is 7.11 Å². The van der Waals surface area contributed by atoms with Crippen LogP contribution in [0.3, 0.4) is 0 Å². The molecule has 0 aliphatic rings. The fraction of sp³-hybridized carbons (Fsp3) is 0.308. The van der Waals surface area contributed by atoms with Crippen molar-refractivity contribution in [3.63, 3.8) is 0 Å². The zero-order valence-electron chi connectivity index (χ0n) is 9.55. The fourth-order valence-electron chi connectivity index (χ4n) is 1.21. The maximum atomic E-state index is 10.1. The van der Waals surface area contributed by atoms with Crippen LogP contribution in [0.4, 0.5) is 0 Å². The Labute approximate surface area is 95.7 Å². The average Bonchev–Trinajstić information content (AvgIpc) is 2.34. The summed E-state index contributed by atoms with van der Waals surface area (Å²) in [5, 5.41) is 0. The SMILES string of the molecule is COc1ccc(COC(C)/C=C/C=O)cc1. The first kappa shape index (κ1) is 12.5. The lowest BCUT2D eigenvalue weighted by molar-refractivity contribution is -0.104. The molecule has 0 bridgehead atoms. The smallest absolute Gasteiger partial charge is 0.142 e. The van der Waals surface area contributed by atoms with E-state index in [9.17, 15) is 4.79 Å². The molecule has 16 heavy (non-hydrogen) atoms. The Morgan fingerprint density at radius 1 is 1.31 bits per heavy atom. The summed E-state index contributed by atoms with van der Waals surface area (Å²) in [4.78, 5) is 10.1. The zero-order chi connectivity index (χ0) is 11.8. The van der Waals surface area contributed by atoms with Gasteiger partial charge in [0.15, 0.2) is 0 Å². The van der Waals surface area contributed by atoms with Crippen molar-refractivity contribution in [3.05, 3.63) is 42.0 Å². The van der Waals surface area contributed by atoms with E-state index in [1.165, 1.54) is 6.08 Å². The summed E-state index contributed by atoms with van der Waals surface area (Å²) in [6.45, 7) is 2.41. The number of hydrogen-bond donors (Lipinski definition) is 0.